The maximum Gasteiger partial charge on any atom is 0.222 e. The minimum atomic E-state index is 0.291. The molecule has 1 aliphatic heterocycles. The molecule has 0 aromatic heterocycles. The molecule has 1 heterocycles. The van der Waals surface area contributed by atoms with Crippen molar-refractivity contribution in [1.82, 2.24) is 4.90 Å². The van der Waals surface area contributed by atoms with Crippen LogP contribution in [0.25, 0.3) is 0 Å². The van der Waals surface area contributed by atoms with Crippen LogP contribution in [0.2, 0.25) is 0 Å². The van der Waals surface area contributed by atoms with Crippen LogP contribution in [0.4, 0.5) is 0 Å². The van der Waals surface area contributed by atoms with Gasteiger partial charge in [-0.1, -0.05) is 39.0 Å². The molecular formula is C26H37NO2. The molecule has 158 valence electrons. The first-order valence-corrected chi connectivity index (χ1v) is 11.8. The molecule has 3 aliphatic carbocycles. The first-order chi connectivity index (χ1) is 13.8. The molecule has 4 unspecified atom stereocenters. The zero-order valence-electron chi connectivity index (χ0n) is 18.6. The summed E-state index contributed by atoms with van der Waals surface area (Å²) in [5, 5.41) is 0. The molecule has 0 spiro atoms. The van der Waals surface area contributed by atoms with Gasteiger partial charge in [0.1, 0.15) is 5.75 Å². The second kappa shape index (κ2) is 6.75. The third-order valence-corrected chi connectivity index (χ3v) is 9.71. The molecule has 1 saturated heterocycles. The fourth-order valence-electron chi connectivity index (χ4n) is 8.24. The topological polar surface area (TPSA) is 29.5 Å². The zero-order chi connectivity index (χ0) is 20.4. The van der Waals surface area contributed by atoms with Crippen LogP contribution in [0.1, 0.15) is 65.7 Å². The molecule has 3 heteroatoms. The van der Waals surface area contributed by atoms with Gasteiger partial charge in [0.2, 0.25) is 5.91 Å². The molecule has 5 rings (SSSR count). The largest absolute Gasteiger partial charge is 0.490 e. The normalized spacial score (nSPS) is 46.6. The van der Waals surface area contributed by atoms with E-state index in [0.717, 1.165) is 36.3 Å². The van der Waals surface area contributed by atoms with Gasteiger partial charge in [-0.05, 0) is 85.2 Å². The molecule has 0 radical (unpaired) electrons. The van der Waals surface area contributed by atoms with Gasteiger partial charge >= 0.3 is 0 Å². The van der Waals surface area contributed by atoms with Gasteiger partial charge < -0.3 is 9.64 Å². The van der Waals surface area contributed by atoms with E-state index < -0.39 is 0 Å². The van der Waals surface area contributed by atoms with Crippen molar-refractivity contribution in [3.05, 3.63) is 30.3 Å². The lowest BCUT2D eigenvalue weighted by molar-refractivity contribution is -0.164. The highest BCUT2D eigenvalue weighted by Gasteiger charge is 2.62. The predicted octanol–water partition coefficient (Wildman–Crippen LogP) is 5.54. The Morgan fingerprint density at radius 3 is 2.59 bits per heavy atom. The van der Waals surface area contributed by atoms with E-state index in [2.05, 4.69) is 63.1 Å². The van der Waals surface area contributed by atoms with Gasteiger partial charge in [-0.25, -0.2) is 0 Å². The van der Waals surface area contributed by atoms with Gasteiger partial charge in [-0.3, -0.25) is 4.79 Å². The van der Waals surface area contributed by atoms with Crippen LogP contribution in [-0.2, 0) is 4.79 Å². The quantitative estimate of drug-likeness (QED) is 0.658. The number of amides is 1. The summed E-state index contributed by atoms with van der Waals surface area (Å²) >= 11 is 0. The smallest absolute Gasteiger partial charge is 0.222 e. The Balaban J connectivity index is 1.41. The number of ether oxygens (including phenoxy) is 1. The highest BCUT2D eigenvalue weighted by atomic mass is 16.5. The Bertz CT molecular complexity index is 778. The second-order valence-corrected chi connectivity index (χ2v) is 11.2. The monoisotopic (exact) mass is 395 g/mol. The molecule has 8 atom stereocenters. The molecule has 1 aromatic rings. The Morgan fingerprint density at radius 1 is 1.07 bits per heavy atom. The third kappa shape index (κ3) is 2.94. The summed E-state index contributed by atoms with van der Waals surface area (Å²) in [4.78, 5) is 14.5. The molecule has 3 nitrogen and oxygen atoms in total. The number of carbonyl (C=O) groups is 1. The highest BCUT2D eigenvalue weighted by Crippen LogP contribution is 2.66. The van der Waals surface area contributed by atoms with Gasteiger partial charge in [0, 0.05) is 19.5 Å². The van der Waals surface area contributed by atoms with Crippen LogP contribution in [0.5, 0.6) is 5.75 Å². The van der Waals surface area contributed by atoms with Gasteiger partial charge in [-0.2, -0.15) is 0 Å². The number of fused-ring (bicyclic) bond motifs is 5. The Kier molecular flexibility index (Phi) is 4.53. The second-order valence-electron chi connectivity index (χ2n) is 11.2. The van der Waals surface area contributed by atoms with E-state index >= 15 is 0 Å². The summed E-state index contributed by atoms with van der Waals surface area (Å²) in [5.41, 5.74) is 0.702. The Morgan fingerprint density at radius 2 is 1.83 bits per heavy atom. The van der Waals surface area contributed by atoms with Crippen LogP contribution in [0.15, 0.2) is 30.3 Å². The van der Waals surface area contributed by atoms with Crippen molar-refractivity contribution in [1.29, 1.82) is 0 Å². The van der Waals surface area contributed by atoms with E-state index in [4.69, 9.17) is 4.74 Å². The van der Waals surface area contributed by atoms with Crippen LogP contribution in [0, 0.1) is 34.5 Å². The van der Waals surface area contributed by atoms with E-state index in [1.807, 2.05) is 0 Å². The van der Waals surface area contributed by atoms with Crippen LogP contribution < -0.4 is 4.74 Å². The van der Waals surface area contributed by atoms with Crippen LogP contribution in [0.3, 0.4) is 0 Å². The number of likely N-dealkylation sites (tertiary alicyclic amines) is 1. The van der Waals surface area contributed by atoms with E-state index in [-0.39, 0.29) is 0 Å². The maximum atomic E-state index is 12.4. The highest BCUT2D eigenvalue weighted by molar-refractivity contribution is 5.77. The standard InChI is InChI=1S/C26H37NO2/c1-17-14-22-26(3,13-11-23(28)27(22)4)20-10-12-25(2)16-19(15-21(25)24(17)20)29-18-8-6-5-7-9-18/h5-9,17,19-22,24H,10-16H2,1-4H3/t17-,19-,20?,21?,22?,24?,25+,26+/m0/s1. The van der Waals surface area contributed by atoms with Crippen molar-refractivity contribution in [3.63, 3.8) is 0 Å². The number of rotatable bonds is 2. The van der Waals surface area contributed by atoms with Crippen molar-refractivity contribution >= 4 is 5.91 Å². The predicted molar refractivity (Wildman–Crippen MR) is 116 cm³/mol. The zero-order valence-corrected chi connectivity index (χ0v) is 18.6. The Labute approximate surface area is 176 Å². The van der Waals surface area contributed by atoms with Crippen molar-refractivity contribution in [2.45, 2.75) is 77.9 Å². The molecule has 1 amide bonds. The van der Waals surface area contributed by atoms with Crippen LogP contribution in [-0.4, -0.2) is 30.0 Å². The maximum absolute atomic E-state index is 12.4. The van der Waals surface area contributed by atoms with Crippen LogP contribution >= 0.6 is 0 Å². The fourth-order valence-corrected chi connectivity index (χ4v) is 8.24. The molecule has 0 bridgehead atoms. The summed E-state index contributed by atoms with van der Waals surface area (Å²) in [6, 6.07) is 10.8. The summed E-state index contributed by atoms with van der Waals surface area (Å²) in [7, 11) is 2.06. The van der Waals surface area contributed by atoms with E-state index in [1.54, 1.807) is 0 Å². The Hall–Kier alpha value is -1.51. The first kappa shape index (κ1) is 19.5. The fraction of sp³-hybridized carbons (Fsp3) is 0.731. The first-order valence-electron chi connectivity index (χ1n) is 11.8. The molecule has 4 aliphatic rings. The van der Waals surface area contributed by atoms with E-state index in [9.17, 15) is 4.79 Å². The lowest BCUT2D eigenvalue weighted by Gasteiger charge is -2.63. The van der Waals surface area contributed by atoms with Gasteiger partial charge in [-0.15, -0.1) is 0 Å². The van der Waals surface area contributed by atoms with Crippen molar-refractivity contribution < 1.29 is 9.53 Å². The summed E-state index contributed by atoms with van der Waals surface area (Å²) < 4.78 is 6.46. The van der Waals surface area contributed by atoms with Crippen molar-refractivity contribution in [2.24, 2.45) is 34.5 Å². The number of hydrogen-bond acceptors (Lipinski definition) is 2. The lowest BCUT2D eigenvalue weighted by atomic mass is 9.45. The molecule has 1 aromatic carbocycles. The van der Waals surface area contributed by atoms with Gasteiger partial charge in [0.15, 0.2) is 0 Å². The summed E-state index contributed by atoms with van der Waals surface area (Å²) in [6.45, 7) is 7.53. The molecule has 4 fully saturated rings. The van der Waals surface area contributed by atoms with E-state index in [1.165, 1.54) is 32.1 Å². The number of benzene rings is 1. The minimum Gasteiger partial charge on any atom is -0.490 e. The molecule has 3 saturated carbocycles. The van der Waals surface area contributed by atoms with Crippen molar-refractivity contribution in [2.75, 3.05) is 7.05 Å². The lowest BCUT2D eigenvalue weighted by Crippen LogP contribution is -2.62. The SMILES string of the molecule is C[C@H]1CC2N(C)C(=O)CC[C@]2(C)C2CC[C@]3(C)C[C@@H](Oc4ccccc4)CC3C21. The number of piperidine rings is 1. The van der Waals surface area contributed by atoms with E-state index in [0.29, 0.717) is 34.8 Å². The average molecular weight is 396 g/mol. The summed E-state index contributed by atoms with van der Waals surface area (Å²) in [6.07, 6.45) is 8.39. The summed E-state index contributed by atoms with van der Waals surface area (Å²) in [5.74, 6) is 4.35. The number of para-hydroxylation sites is 1. The minimum absolute atomic E-state index is 0.291. The van der Waals surface area contributed by atoms with Gasteiger partial charge in [0.25, 0.3) is 0 Å². The number of nitrogens with zero attached hydrogens (tertiary/aromatic N) is 1. The van der Waals surface area contributed by atoms with Crippen molar-refractivity contribution in [3.8, 4) is 5.75 Å². The molecule has 29 heavy (non-hydrogen) atoms. The number of carbonyl (C=O) groups excluding carboxylic acids is 1. The van der Waals surface area contributed by atoms with Gasteiger partial charge in [0.05, 0.1) is 6.10 Å². The molecule has 0 N–H and O–H groups in total. The third-order valence-electron chi connectivity index (χ3n) is 9.71. The molecular weight excluding hydrogens is 358 g/mol. The number of hydrogen-bond donors (Lipinski definition) is 0. The average Bonchev–Trinajstić information content (AvgIpc) is 3.03.